The second-order valence-corrected chi connectivity index (χ2v) is 16.8. The van der Waals surface area contributed by atoms with Crippen LogP contribution in [-0.4, -0.2) is 277 Å². The Morgan fingerprint density at radius 3 is 0.953 bits per heavy atom. The molecule has 1 unspecified atom stereocenters. The van der Waals surface area contributed by atoms with E-state index < -0.39 is 35.8 Å². The van der Waals surface area contributed by atoms with Crippen LogP contribution in [0.25, 0.3) is 0 Å². The summed E-state index contributed by atoms with van der Waals surface area (Å²) in [7, 11) is 0. The molecule has 2 heterocycles. The minimum Gasteiger partial charge on any atom is -0.549 e. The molecule has 0 bridgehead atoms. The van der Waals surface area contributed by atoms with E-state index in [1.54, 1.807) is 29.4 Å². The Balaban J connectivity index is 1.98. The summed E-state index contributed by atoms with van der Waals surface area (Å²) in [6.45, 7) is 6.57. The maximum Gasteiger partial charge on any atom is 0.317 e. The van der Waals surface area contributed by atoms with Crippen molar-refractivity contribution in [1.82, 2.24) is 49.8 Å². The van der Waals surface area contributed by atoms with Gasteiger partial charge in [-0.05, 0) is 25.2 Å². The highest BCUT2D eigenvalue weighted by Gasteiger charge is 2.24. The lowest BCUT2D eigenvalue weighted by molar-refractivity contribution is -0.307. The van der Waals surface area contributed by atoms with Crippen LogP contribution in [0.5, 0.6) is 0 Å². The van der Waals surface area contributed by atoms with Crippen LogP contribution in [0.4, 0.5) is 0 Å². The van der Waals surface area contributed by atoms with Crippen molar-refractivity contribution in [3.8, 4) is 0 Å². The van der Waals surface area contributed by atoms with E-state index in [2.05, 4.69) is 10.6 Å². The number of aliphatic carboxylic acids is 6. The molecule has 2 saturated heterocycles. The van der Waals surface area contributed by atoms with Gasteiger partial charge >= 0.3 is 23.9 Å². The average molecular weight is 915 g/mol. The van der Waals surface area contributed by atoms with Crippen LogP contribution >= 0.6 is 0 Å². The molecule has 0 aliphatic carbocycles. The zero-order valence-electron chi connectivity index (χ0n) is 37.4. The Hall–Kier alpha value is -4.56. The number of amides is 2. The Morgan fingerprint density at radius 1 is 0.422 bits per heavy atom. The van der Waals surface area contributed by atoms with Crippen LogP contribution in [0.2, 0.25) is 0 Å². The molecule has 2 aliphatic rings. The van der Waals surface area contributed by atoms with Crippen LogP contribution in [-0.2, 0) is 38.4 Å². The molecular formula is C40H70N10O14-2. The van der Waals surface area contributed by atoms with E-state index in [9.17, 15) is 69.0 Å². The van der Waals surface area contributed by atoms with Crippen LogP contribution in [0.15, 0.2) is 0 Å². The highest BCUT2D eigenvalue weighted by Crippen LogP contribution is 2.11. The molecular weight excluding hydrogens is 844 g/mol. The van der Waals surface area contributed by atoms with Gasteiger partial charge in [-0.15, -0.1) is 0 Å². The molecule has 0 aromatic heterocycles. The van der Waals surface area contributed by atoms with Gasteiger partial charge in [0.2, 0.25) is 11.8 Å². The largest absolute Gasteiger partial charge is 0.549 e. The second-order valence-electron chi connectivity index (χ2n) is 16.8. The highest BCUT2D eigenvalue weighted by atomic mass is 16.4. The number of carboxylic acids is 6. The molecule has 2 aliphatic heterocycles. The summed E-state index contributed by atoms with van der Waals surface area (Å²) in [5.41, 5.74) is 0. The molecule has 2 amide bonds. The van der Waals surface area contributed by atoms with Gasteiger partial charge < -0.3 is 50.9 Å². The molecule has 1 atom stereocenters. The second kappa shape index (κ2) is 30.6. The van der Waals surface area contributed by atoms with Gasteiger partial charge in [-0.3, -0.25) is 68.0 Å². The number of hydrogen-bond donors (Lipinski definition) is 6. The summed E-state index contributed by atoms with van der Waals surface area (Å²) in [5.74, 6) is -7.25. The van der Waals surface area contributed by atoms with Crippen molar-refractivity contribution < 1.29 is 69.0 Å². The molecule has 64 heavy (non-hydrogen) atoms. The monoisotopic (exact) mass is 915 g/mol. The van der Waals surface area contributed by atoms with Crippen molar-refractivity contribution in [3.05, 3.63) is 0 Å². The first-order chi connectivity index (χ1) is 30.3. The number of nitrogens with one attached hydrogen (secondary N) is 2. The third kappa shape index (κ3) is 26.3. The molecule has 0 aromatic rings. The quantitative estimate of drug-likeness (QED) is 0.0520. The number of nitrogens with zero attached hydrogens (tertiary/aromatic N) is 8. The zero-order valence-corrected chi connectivity index (χ0v) is 37.4. The van der Waals surface area contributed by atoms with Crippen LogP contribution in [0.3, 0.4) is 0 Å². The highest BCUT2D eigenvalue weighted by molar-refractivity contribution is 5.78. The van der Waals surface area contributed by atoms with Gasteiger partial charge in [0.25, 0.3) is 0 Å². The predicted molar refractivity (Wildman–Crippen MR) is 226 cm³/mol. The summed E-state index contributed by atoms with van der Waals surface area (Å²) in [6.07, 6.45) is 1.88. The lowest BCUT2D eigenvalue weighted by Crippen LogP contribution is -2.51. The summed E-state index contributed by atoms with van der Waals surface area (Å²) >= 11 is 0. The van der Waals surface area contributed by atoms with Gasteiger partial charge in [-0.2, -0.15) is 0 Å². The van der Waals surface area contributed by atoms with Crippen molar-refractivity contribution in [2.45, 2.75) is 39.2 Å². The summed E-state index contributed by atoms with van der Waals surface area (Å²) in [5, 5.41) is 66.8. The van der Waals surface area contributed by atoms with Crippen molar-refractivity contribution in [2.75, 3.05) is 164 Å². The number of carboxylic acid groups (broad SMARTS) is 6. The lowest BCUT2D eigenvalue weighted by atomic mass is 9.98. The van der Waals surface area contributed by atoms with Crippen molar-refractivity contribution in [3.63, 3.8) is 0 Å². The first kappa shape index (κ1) is 55.6. The molecule has 366 valence electrons. The molecule has 6 N–H and O–H groups in total. The van der Waals surface area contributed by atoms with Gasteiger partial charge in [0.15, 0.2) is 0 Å². The predicted octanol–water partition coefficient (Wildman–Crippen LogP) is -6.30. The van der Waals surface area contributed by atoms with Gasteiger partial charge in [0.1, 0.15) is 0 Å². The standard InChI is InChI=1S/C40H72N10O14/c1-31(2)32(42-34(52)24-44-9-13-47(27-37(57)58)17-21-50(30-40(63)64)22-18-48(14-10-44)28-38(59)60)5-3-4-6-41-33(51)23-43-7-11-45(25-35(53)54)15-19-49(29-39(61)62)20-16-46(12-8-43)26-36(55)56/h31-32H,3-30H2,1-2H3,(H,41,51)(H,42,52)(H,53,54)(H,55,56)(H,57,58)(H,59,60)(H,61,62)(H,63,64)/p-2. The minimum absolute atomic E-state index is 0.0193. The zero-order chi connectivity index (χ0) is 47.6. The van der Waals surface area contributed by atoms with Crippen molar-refractivity contribution in [2.24, 2.45) is 5.92 Å². The molecule has 0 aromatic carbocycles. The van der Waals surface area contributed by atoms with Gasteiger partial charge in [0.05, 0.1) is 51.2 Å². The molecule has 2 rings (SSSR count). The van der Waals surface area contributed by atoms with Crippen molar-refractivity contribution >= 4 is 47.6 Å². The minimum atomic E-state index is -1.29. The maximum atomic E-state index is 13.5. The van der Waals surface area contributed by atoms with Gasteiger partial charge in [-0.25, -0.2) is 0 Å². The SMILES string of the molecule is CC(C)C(CCCCNC(=O)CN1CCN(CC(=O)[O-])CCN(CC(=O)O)CCN(CC(=O)O)CC1)NC(=O)CN1CCN(CC(=O)[O-])CCN(CC(=O)O)CCN(CC(=O)O)CC1. The Kier molecular flexibility index (Phi) is 26.5. The van der Waals surface area contributed by atoms with Crippen LogP contribution in [0, 0.1) is 5.92 Å². The fourth-order valence-electron chi connectivity index (χ4n) is 7.56. The van der Waals surface area contributed by atoms with E-state index in [4.69, 9.17) is 0 Å². The Morgan fingerprint density at radius 2 is 0.688 bits per heavy atom. The molecule has 2 fully saturated rings. The van der Waals surface area contributed by atoms with Crippen molar-refractivity contribution in [1.29, 1.82) is 0 Å². The van der Waals surface area contributed by atoms with E-state index in [1.807, 2.05) is 23.6 Å². The normalized spacial score (nSPS) is 19.3. The fourth-order valence-corrected chi connectivity index (χ4v) is 7.56. The fraction of sp³-hybridized carbons (Fsp3) is 0.800. The number of carbonyl (C=O) groups is 8. The maximum absolute atomic E-state index is 13.5. The molecule has 0 spiro atoms. The average Bonchev–Trinajstić information content (AvgIpc) is 3.18. The number of unbranched alkanes of at least 4 members (excludes halogenated alkanes) is 1. The van der Waals surface area contributed by atoms with E-state index in [0.29, 0.717) is 45.4 Å². The number of carbonyl (C=O) groups excluding carboxylic acids is 4. The Bertz CT molecular complexity index is 1450. The summed E-state index contributed by atoms with van der Waals surface area (Å²) < 4.78 is 0. The molecule has 24 nitrogen and oxygen atoms in total. The van der Waals surface area contributed by atoms with E-state index >= 15 is 0 Å². The number of rotatable bonds is 23. The third-order valence-corrected chi connectivity index (χ3v) is 11.2. The molecule has 24 heteroatoms. The topological polar surface area (TPSA) is 314 Å². The van der Waals surface area contributed by atoms with E-state index in [1.165, 1.54) is 0 Å². The molecule has 0 saturated carbocycles. The van der Waals surface area contributed by atoms with Gasteiger partial charge in [0, 0.05) is 130 Å². The lowest BCUT2D eigenvalue weighted by Gasteiger charge is -2.33. The molecule has 0 radical (unpaired) electrons. The first-order valence-corrected chi connectivity index (χ1v) is 21.9. The first-order valence-electron chi connectivity index (χ1n) is 21.9. The third-order valence-electron chi connectivity index (χ3n) is 11.2. The van der Waals surface area contributed by atoms with E-state index in [0.717, 1.165) is 0 Å². The number of hydrogen-bond acceptors (Lipinski definition) is 18. The van der Waals surface area contributed by atoms with Crippen LogP contribution < -0.4 is 20.8 Å². The van der Waals surface area contributed by atoms with Crippen LogP contribution in [0.1, 0.15) is 33.1 Å². The smallest absolute Gasteiger partial charge is 0.317 e. The summed E-state index contributed by atoms with van der Waals surface area (Å²) in [6, 6.07) is -0.204. The van der Waals surface area contributed by atoms with E-state index in [-0.39, 0.29) is 161 Å². The van der Waals surface area contributed by atoms with Gasteiger partial charge in [-0.1, -0.05) is 13.8 Å². The Labute approximate surface area is 374 Å². The summed E-state index contributed by atoms with van der Waals surface area (Å²) in [4.78, 5) is 109.